The molecule has 8 nitrogen and oxygen atoms in total. The van der Waals surface area contributed by atoms with Gasteiger partial charge in [0.05, 0.1) is 0 Å². The average Bonchev–Trinajstić information content (AvgIpc) is 2.81. The second kappa shape index (κ2) is 13.2. The number of nitrogens with one attached hydrogen (secondary N) is 2. The van der Waals surface area contributed by atoms with Crippen LogP contribution >= 0.6 is 12.6 Å². The van der Waals surface area contributed by atoms with Gasteiger partial charge in [0.15, 0.2) is 0 Å². The van der Waals surface area contributed by atoms with Crippen molar-refractivity contribution in [2.24, 2.45) is 0 Å². The molecule has 0 aliphatic rings. The topological polar surface area (TPSA) is 108 Å². The standard InChI is InChI=1S/C27H37N3O5S/c1-6-7-16-30(25(33)21(17-36)29-26(34)35-27(3,4)5)23(19-13-9-11-15-22(19)31)24(32)28-20-14-10-8-12-18(20)2/h8-15,21,23,31,36H,6-7,16-17H2,1-5H3,(H,28,32)(H,29,34). The maximum absolute atomic E-state index is 13.8. The number of thiol groups is 1. The Balaban J connectivity index is 2.48. The molecule has 0 saturated heterocycles. The van der Waals surface area contributed by atoms with Crippen molar-refractivity contribution in [3.8, 4) is 5.75 Å². The van der Waals surface area contributed by atoms with Gasteiger partial charge < -0.3 is 25.4 Å². The van der Waals surface area contributed by atoms with E-state index < -0.39 is 35.6 Å². The molecule has 196 valence electrons. The highest BCUT2D eigenvalue weighted by atomic mass is 32.1. The number of ether oxygens (including phenoxy) is 1. The summed E-state index contributed by atoms with van der Waals surface area (Å²) in [6, 6.07) is 11.5. The van der Waals surface area contributed by atoms with Crippen LogP contribution < -0.4 is 10.6 Å². The fourth-order valence-electron chi connectivity index (χ4n) is 3.61. The van der Waals surface area contributed by atoms with Gasteiger partial charge >= 0.3 is 6.09 Å². The van der Waals surface area contributed by atoms with Gasteiger partial charge in [-0.1, -0.05) is 49.7 Å². The van der Waals surface area contributed by atoms with Gasteiger partial charge in [-0.15, -0.1) is 0 Å². The third-order valence-electron chi connectivity index (χ3n) is 5.40. The minimum atomic E-state index is -1.15. The molecule has 0 spiro atoms. The van der Waals surface area contributed by atoms with Gasteiger partial charge in [0.2, 0.25) is 5.91 Å². The van der Waals surface area contributed by atoms with Crippen LogP contribution in [0.4, 0.5) is 10.5 Å². The van der Waals surface area contributed by atoms with Crippen molar-refractivity contribution < 1.29 is 24.2 Å². The van der Waals surface area contributed by atoms with E-state index in [1.165, 1.54) is 11.0 Å². The van der Waals surface area contributed by atoms with E-state index in [4.69, 9.17) is 4.74 Å². The summed E-state index contributed by atoms with van der Waals surface area (Å²) >= 11 is 4.28. The number of aryl methyl sites for hydroxylation is 1. The summed E-state index contributed by atoms with van der Waals surface area (Å²) in [7, 11) is 0. The number of rotatable bonds is 10. The zero-order chi connectivity index (χ0) is 26.9. The van der Waals surface area contributed by atoms with Crippen LogP contribution in [-0.2, 0) is 14.3 Å². The fraction of sp³-hybridized carbons (Fsp3) is 0.444. The first-order chi connectivity index (χ1) is 17.0. The third kappa shape index (κ3) is 8.19. The molecule has 3 amide bonds. The fourth-order valence-corrected chi connectivity index (χ4v) is 3.86. The zero-order valence-corrected chi connectivity index (χ0v) is 22.5. The molecule has 0 heterocycles. The number of hydrogen-bond donors (Lipinski definition) is 4. The Labute approximate surface area is 218 Å². The van der Waals surface area contributed by atoms with Crippen LogP contribution in [0.15, 0.2) is 48.5 Å². The van der Waals surface area contributed by atoms with Gasteiger partial charge in [0, 0.05) is 23.5 Å². The lowest BCUT2D eigenvalue weighted by molar-refractivity contribution is -0.140. The first-order valence-corrected chi connectivity index (χ1v) is 12.7. The molecule has 3 N–H and O–H groups in total. The van der Waals surface area contributed by atoms with Crippen molar-refractivity contribution in [3.05, 3.63) is 59.7 Å². The number of carbonyl (C=O) groups excluding carboxylic acids is 3. The van der Waals surface area contributed by atoms with Crippen molar-refractivity contribution in [1.29, 1.82) is 0 Å². The number of nitrogens with zero attached hydrogens (tertiary/aromatic N) is 1. The molecule has 2 unspecified atom stereocenters. The minimum absolute atomic E-state index is 0.00634. The molecule has 0 aromatic heterocycles. The van der Waals surface area contributed by atoms with Gasteiger partial charge in [-0.3, -0.25) is 9.59 Å². The number of aromatic hydroxyl groups is 1. The Morgan fingerprint density at radius 2 is 1.72 bits per heavy atom. The maximum atomic E-state index is 13.8. The van der Waals surface area contributed by atoms with Crippen molar-refractivity contribution in [2.75, 3.05) is 17.6 Å². The number of amides is 3. The number of phenolic OH excluding ortho intramolecular Hbond substituents is 1. The molecule has 36 heavy (non-hydrogen) atoms. The van der Waals surface area contributed by atoms with Gasteiger partial charge in [-0.05, 0) is 51.8 Å². The molecule has 2 aromatic carbocycles. The molecule has 0 bridgehead atoms. The molecule has 2 aromatic rings. The summed E-state index contributed by atoms with van der Waals surface area (Å²) in [5.74, 6) is -1.10. The number of hydrogen-bond acceptors (Lipinski definition) is 6. The van der Waals surface area contributed by atoms with Crippen LogP contribution in [0.25, 0.3) is 0 Å². The molecule has 0 aliphatic heterocycles. The number of anilines is 1. The highest BCUT2D eigenvalue weighted by molar-refractivity contribution is 7.80. The molecule has 0 saturated carbocycles. The molecule has 9 heteroatoms. The van der Waals surface area contributed by atoms with Crippen LogP contribution in [0.1, 0.15) is 57.7 Å². The number of carbonyl (C=O) groups is 3. The molecular formula is C27H37N3O5S. The smallest absolute Gasteiger partial charge is 0.408 e. The van der Waals surface area contributed by atoms with Crippen LogP contribution in [-0.4, -0.2) is 51.9 Å². The van der Waals surface area contributed by atoms with Crippen LogP contribution in [0.2, 0.25) is 0 Å². The molecule has 2 atom stereocenters. The highest BCUT2D eigenvalue weighted by Gasteiger charge is 2.37. The van der Waals surface area contributed by atoms with Crippen molar-refractivity contribution in [3.63, 3.8) is 0 Å². The van der Waals surface area contributed by atoms with Gasteiger partial charge in [0.1, 0.15) is 23.4 Å². The average molecular weight is 516 g/mol. The number of unbranched alkanes of at least 4 members (excludes halogenated alkanes) is 1. The Kier molecular flexibility index (Phi) is 10.6. The van der Waals surface area contributed by atoms with E-state index in [9.17, 15) is 19.5 Å². The van der Waals surface area contributed by atoms with Gasteiger partial charge in [-0.25, -0.2) is 4.79 Å². The van der Waals surface area contributed by atoms with Crippen molar-refractivity contribution in [2.45, 2.75) is 65.1 Å². The minimum Gasteiger partial charge on any atom is -0.508 e. The number of para-hydroxylation sites is 2. The largest absolute Gasteiger partial charge is 0.508 e. The second-order valence-corrected chi connectivity index (χ2v) is 9.90. The SMILES string of the molecule is CCCCN(C(=O)C(CS)NC(=O)OC(C)(C)C)C(C(=O)Nc1ccccc1C)c1ccccc1O. The van der Waals surface area contributed by atoms with E-state index >= 15 is 0 Å². The Hall–Kier alpha value is -3.20. The summed E-state index contributed by atoms with van der Waals surface area (Å²) < 4.78 is 5.31. The van der Waals surface area contributed by atoms with E-state index in [-0.39, 0.29) is 23.6 Å². The highest BCUT2D eigenvalue weighted by Crippen LogP contribution is 2.31. The first-order valence-electron chi connectivity index (χ1n) is 12.0. The van der Waals surface area contributed by atoms with Gasteiger partial charge in [0.25, 0.3) is 5.91 Å². The second-order valence-electron chi connectivity index (χ2n) is 9.53. The lowest BCUT2D eigenvalue weighted by Crippen LogP contribution is -2.53. The molecule has 2 rings (SSSR count). The van der Waals surface area contributed by atoms with E-state index in [0.29, 0.717) is 12.1 Å². The Bertz CT molecular complexity index is 1050. The first kappa shape index (κ1) is 29.0. The molecule has 0 radical (unpaired) electrons. The third-order valence-corrected chi connectivity index (χ3v) is 5.77. The summed E-state index contributed by atoms with van der Waals surface area (Å²) in [5, 5.41) is 16.1. The molecule has 0 fully saturated rings. The predicted octanol–water partition coefficient (Wildman–Crippen LogP) is 4.83. The summed E-state index contributed by atoms with van der Waals surface area (Å²) in [6.45, 7) is 9.24. The Morgan fingerprint density at radius 1 is 1.08 bits per heavy atom. The van der Waals surface area contributed by atoms with E-state index in [0.717, 1.165) is 12.0 Å². The van der Waals surface area contributed by atoms with Crippen molar-refractivity contribution in [1.82, 2.24) is 10.2 Å². The number of phenols is 1. The van der Waals surface area contributed by atoms with Crippen LogP contribution in [0.3, 0.4) is 0 Å². The maximum Gasteiger partial charge on any atom is 0.408 e. The molecule has 0 aliphatic carbocycles. The van der Waals surface area contributed by atoms with Gasteiger partial charge in [-0.2, -0.15) is 12.6 Å². The monoisotopic (exact) mass is 515 g/mol. The number of alkyl carbamates (subject to hydrolysis) is 1. The predicted molar refractivity (Wildman–Crippen MR) is 144 cm³/mol. The van der Waals surface area contributed by atoms with Crippen LogP contribution in [0, 0.1) is 6.92 Å². The van der Waals surface area contributed by atoms with E-state index in [1.807, 2.05) is 26.0 Å². The molecular weight excluding hydrogens is 478 g/mol. The summed E-state index contributed by atoms with van der Waals surface area (Å²) in [6.07, 6.45) is 0.620. The normalized spacial score (nSPS) is 12.8. The van der Waals surface area contributed by atoms with Crippen LogP contribution in [0.5, 0.6) is 5.75 Å². The lowest BCUT2D eigenvalue weighted by Gasteiger charge is -2.34. The lowest BCUT2D eigenvalue weighted by atomic mass is 10.0. The van der Waals surface area contributed by atoms with Crippen molar-refractivity contribution >= 4 is 36.2 Å². The summed E-state index contributed by atoms with van der Waals surface area (Å²) in [5.41, 5.74) is 0.988. The summed E-state index contributed by atoms with van der Waals surface area (Å²) in [4.78, 5) is 41.3. The van der Waals surface area contributed by atoms with E-state index in [1.54, 1.807) is 51.1 Å². The Morgan fingerprint density at radius 3 is 2.31 bits per heavy atom. The quantitative estimate of drug-likeness (QED) is 0.339. The zero-order valence-electron chi connectivity index (χ0n) is 21.6. The number of benzene rings is 2. The van der Waals surface area contributed by atoms with E-state index in [2.05, 4.69) is 23.3 Å².